The molecule has 1 aromatic heterocycles. The van der Waals surface area contributed by atoms with E-state index in [0.717, 1.165) is 5.56 Å². The topological polar surface area (TPSA) is 71.1 Å². The van der Waals surface area contributed by atoms with Gasteiger partial charge in [-0.2, -0.15) is 0 Å². The Bertz CT molecular complexity index is 796. The van der Waals surface area contributed by atoms with Gasteiger partial charge in [-0.25, -0.2) is 4.98 Å². The molecule has 2 aromatic rings. The van der Waals surface area contributed by atoms with E-state index in [0.29, 0.717) is 34.6 Å². The van der Waals surface area contributed by atoms with Gasteiger partial charge in [-0.3, -0.25) is 9.59 Å². The van der Waals surface area contributed by atoms with Crippen LogP contribution in [-0.4, -0.2) is 23.3 Å². The lowest BCUT2D eigenvalue weighted by Crippen LogP contribution is -2.27. The number of aryl methyl sites for hydroxylation is 3. The molecular weight excluding hydrogens is 346 g/mol. The van der Waals surface area contributed by atoms with Crippen LogP contribution in [0.4, 0.5) is 0 Å². The third-order valence-corrected chi connectivity index (χ3v) is 5.25. The zero-order chi connectivity index (χ0) is 19.3. The van der Waals surface area contributed by atoms with Gasteiger partial charge < -0.3 is 10.6 Å². The molecule has 0 aliphatic carbocycles. The number of nitrogens with one attached hydrogen (secondary N) is 2. The van der Waals surface area contributed by atoms with Gasteiger partial charge in [0.2, 0.25) is 5.91 Å². The molecule has 26 heavy (non-hydrogen) atoms. The van der Waals surface area contributed by atoms with Crippen LogP contribution in [-0.2, 0) is 17.8 Å². The van der Waals surface area contributed by atoms with Crippen LogP contribution >= 0.6 is 11.3 Å². The lowest BCUT2D eigenvalue weighted by molar-refractivity contribution is -0.120. The number of nitrogens with zero attached hydrogens (tertiary/aromatic N) is 1. The molecule has 6 heteroatoms. The summed E-state index contributed by atoms with van der Waals surface area (Å²) in [5.41, 5.74) is 4.20. The van der Waals surface area contributed by atoms with Crippen molar-refractivity contribution in [3.05, 3.63) is 50.5 Å². The van der Waals surface area contributed by atoms with Crippen LogP contribution in [0.2, 0.25) is 0 Å². The first-order valence-corrected chi connectivity index (χ1v) is 9.65. The highest BCUT2D eigenvalue weighted by Crippen LogP contribution is 2.18. The van der Waals surface area contributed by atoms with Gasteiger partial charge >= 0.3 is 0 Å². The summed E-state index contributed by atoms with van der Waals surface area (Å²) in [6.45, 7) is 11.1. The predicted octanol–water partition coefficient (Wildman–Crippen LogP) is 3.31. The number of thiazole rings is 1. The normalized spacial score (nSPS) is 10.8. The Balaban J connectivity index is 1.91. The molecule has 0 fully saturated rings. The quantitative estimate of drug-likeness (QED) is 0.782. The zero-order valence-corrected chi connectivity index (χ0v) is 16.9. The van der Waals surface area contributed by atoms with Crippen LogP contribution in [0.15, 0.2) is 18.2 Å². The van der Waals surface area contributed by atoms with Gasteiger partial charge in [0.1, 0.15) is 9.88 Å². The Labute approximate surface area is 159 Å². The van der Waals surface area contributed by atoms with E-state index in [1.165, 1.54) is 22.5 Å². The van der Waals surface area contributed by atoms with Crippen molar-refractivity contribution in [1.82, 2.24) is 15.6 Å². The van der Waals surface area contributed by atoms with Crippen molar-refractivity contribution in [2.45, 2.75) is 47.6 Å². The first-order chi connectivity index (χ1) is 12.3. The Morgan fingerprint density at radius 2 is 1.85 bits per heavy atom. The first kappa shape index (κ1) is 20.1. The predicted molar refractivity (Wildman–Crippen MR) is 105 cm³/mol. The maximum atomic E-state index is 12.2. The molecule has 2 amide bonds. The zero-order valence-electron chi connectivity index (χ0n) is 16.1. The maximum Gasteiger partial charge on any atom is 0.263 e. The molecule has 0 unspecified atom stereocenters. The van der Waals surface area contributed by atoms with Crippen molar-refractivity contribution in [3.8, 4) is 0 Å². The van der Waals surface area contributed by atoms with E-state index in [-0.39, 0.29) is 18.2 Å². The summed E-state index contributed by atoms with van der Waals surface area (Å²) in [5.74, 6) is 0.185. The number of carbonyl (C=O) groups excluding carboxylic acids is 2. The average Bonchev–Trinajstić information content (AvgIpc) is 2.94. The second kappa shape index (κ2) is 8.94. The number of aromatic nitrogens is 1. The van der Waals surface area contributed by atoms with Crippen LogP contribution in [0.3, 0.4) is 0 Å². The highest BCUT2D eigenvalue weighted by atomic mass is 32.1. The molecular formula is C20H27N3O2S. The van der Waals surface area contributed by atoms with E-state index in [9.17, 15) is 9.59 Å². The van der Waals surface area contributed by atoms with Crippen molar-refractivity contribution in [2.75, 3.05) is 6.54 Å². The van der Waals surface area contributed by atoms with E-state index >= 15 is 0 Å². The Hall–Kier alpha value is -2.21. The van der Waals surface area contributed by atoms with E-state index in [2.05, 4.69) is 41.6 Å². The van der Waals surface area contributed by atoms with E-state index in [1.807, 2.05) is 19.9 Å². The smallest absolute Gasteiger partial charge is 0.263 e. The third-order valence-electron chi connectivity index (χ3n) is 4.09. The molecule has 0 bridgehead atoms. The van der Waals surface area contributed by atoms with Crippen LogP contribution in [0.1, 0.15) is 50.9 Å². The fraction of sp³-hybridized carbons (Fsp3) is 0.450. The van der Waals surface area contributed by atoms with Crippen LogP contribution in [0.5, 0.6) is 0 Å². The molecule has 0 aliphatic heterocycles. The van der Waals surface area contributed by atoms with Gasteiger partial charge in [-0.05, 0) is 43.4 Å². The second-order valence-corrected chi connectivity index (χ2v) is 8.08. The first-order valence-electron chi connectivity index (χ1n) is 8.83. The van der Waals surface area contributed by atoms with E-state index in [1.54, 1.807) is 6.92 Å². The summed E-state index contributed by atoms with van der Waals surface area (Å²) < 4.78 is 0. The minimum Gasteiger partial charge on any atom is -0.352 e. The fourth-order valence-corrected chi connectivity index (χ4v) is 3.41. The molecule has 1 heterocycles. The standard InChI is InChI=1S/C20H27N3O2S/c1-12(2)10-22-20(25)19-15(5)23-18(26-19)9-17(24)21-11-16-7-6-13(3)14(4)8-16/h6-8,12H,9-11H2,1-5H3,(H,21,24)(H,22,25). The third kappa shape index (κ3) is 5.66. The Kier molecular flexibility index (Phi) is 6.91. The summed E-state index contributed by atoms with van der Waals surface area (Å²) in [5, 5.41) is 6.47. The van der Waals surface area contributed by atoms with Crippen LogP contribution < -0.4 is 10.6 Å². The van der Waals surface area contributed by atoms with E-state index in [4.69, 9.17) is 0 Å². The van der Waals surface area contributed by atoms with E-state index < -0.39 is 0 Å². The molecule has 0 saturated carbocycles. The highest BCUT2D eigenvalue weighted by molar-refractivity contribution is 7.13. The van der Waals surface area contributed by atoms with Crippen molar-refractivity contribution >= 4 is 23.2 Å². The van der Waals surface area contributed by atoms with Gasteiger partial charge in [0, 0.05) is 13.1 Å². The minimum absolute atomic E-state index is 0.0916. The van der Waals surface area contributed by atoms with Gasteiger partial charge in [0.15, 0.2) is 0 Å². The number of hydrogen-bond acceptors (Lipinski definition) is 4. The van der Waals surface area contributed by atoms with Gasteiger partial charge in [-0.15, -0.1) is 11.3 Å². The fourth-order valence-electron chi connectivity index (χ4n) is 2.43. The number of rotatable bonds is 7. The Morgan fingerprint density at radius 3 is 2.50 bits per heavy atom. The Morgan fingerprint density at radius 1 is 1.12 bits per heavy atom. The summed E-state index contributed by atoms with van der Waals surface area (Å²) in [7, 11) is 0. The SMILES string of the molecule is Cc1ccc(CNC(=O)Cc2nc(C)c(C(=O)NCC(C)C)s2)cc1C. The van der Waals surface area contributed by atoms with Crippen LogP contribution in [0, 0.1) is 26.7 Å². The van der Waals surface area contributed by atoms with Crippen molar-refractivity contribution in [2.24, 2.45) is 5.92 Å². The molecule has 2 rings (SSSR count). The molecule has 5 nitrogen and oxygen atoms in total. The summed E-state index contributed by atoms with van der Waals surface area (Å²) in [6.07, 6.45) is 0.188. The lowest BCUT2D eigenvalue weighted by Gasteiger charge is -2.07. The lowest BCUT2D eigenvalue weighted by atomic mass is 10.1. The monoisotopic (exact) mass is 373 g/mol. The molecule has 2 N–H and O–H groups in total. The maximum absolute atomic E-state index is 12.2. The largest absolute Gasteiger partial charge is 0.352 e. The molecule has 0 saturated heterocycles. The van der Waals surface area contributed by atoms with Crippen molar-refractivity contribution < 1.29 is 9.59 Å². The van der Waals surface area contributed by atoms with Gasteiger partial charge in [0.25, 0.3) is 5.91 Å². The number of hydrogen-bond donors (Lipinski definition) is 2. The summed E-state index contributed by atoms with van der Waals surface area (Å²) in [4.78, 5) is 29.4. The van der Waals surface area contributed by atoms with Gasteiger partial charge in [-0.1, -0.05) is 32.0 Å². The number of amides is 2. The highest BCUT2D eigenvalue weighted by Gasteiger charge is 2.17. The van der Waals surface area contributed by atoms with Crippen molar-refractivity contribution in [1.29, 1.82) is 0 Å². The van der Waals surface area contributed by atoms with Crippen LogP contribution in [0.25, 0.3) is 0 Å². The molecule has 1 aromatic carbocycles. The molecule has 140 valence electrons. The second-order valence-electron chi connectivity index (χ2n) is 7.00. The molecule has 0 atom stereocenters. The number of benzene rings is 1. The molecule has 0 aliphatic rings. The average molecular weight is 374 g/mol. The van der Waals surface area contributed by atoms with Gasteiger partial charge in [0.05, 0.1) is 12.1 Å². The number of carbonyl (C=O) groups is 2. The molecule has 0 spiro atoms. The summed E-state index contributed by atoms with van der Waals surface area (Å²) >= 11 is 1.29. The van der Waals surface area contributed by atoms with Crippen molar-refractivity contribution in [3.63, 3.8) is 0 Å². The molecule has 0 radical (unpaired) electrons. The minimum atomic E-state index is -0.115. The summed E-state index contributed by atoms with van der Waals surface area (Å²) in [6, 6.07) is 6.16.